The number of rotatable bonds is 4. The van der Waals surface area contributed by atoms with Gasteiger partial charge in [-0.25, -0.2) is 8.78 Å². The standard InChI is InChI=1S/C12H16F2/c1-9(2)4-3-5-10-8-11(13)6-7-12(10)14/h6-9H,3-5H2,1-2H3. The van der Waals surface area contributed by atoms with Gasteiger partial charge in [0, 0.05) is 0 Å². The third kappa shape index (κ3) is 3.44. The van der Waals surface area contributed by atoms with Crippen LogP contribution in [0, 0.1) is 17.6 Å². The fourth-order valence-corrected chi connectivity index (χ4v) is 1.44. The first-order chi connectivity index (χ1) is 6.59. The molecule has 0 heterocycles. The summed E-state index contributed by atoms with van der Waals surface area (Å²) in [6.07, 6.45) is 2.59. The van der Waals surface area contributed by atoms with Gasteiger partial charge in [-0.05, 0) is 42.5 Å². The first-order valence-corrected chi connectivity index (χ1v) is 5.03. The van der Waals surface area contributed by atoms with E-state index in [0.717, 1.165) is 18.9 Å². The molecule has 0 bridgehead atoms. The summed E-state index contributed by atoms with van der Waals surface area (Å²) in [6.45, 7) is 4.25. The minimum atomic E-state index is -0.356. The van der Waals surface area contributed by atoms with Gasteiger partial charge in [0.1, 0.15) is 11.6 Å². The molecule has 0 aromatic heterocycles. The molecule has 2 heteroatoms. The molecule has 0 spiro atoms. The Hall–Kier alpha value is -0.920. The fraction of sp³-hybridized carbons (Fsp3) is 0.500. The van der Waals surface area contributed by atoms with E-state index in [9.17, 15) is 8.78 Å². The zero-order valence-corrected chi connectivity index (χ0v) is 8.69. The van der Waals surface area contributed by atoms with Crippen LogP contribution >= 0.6 is 0 Å². The van der Waals surface area contributed by atoms with Crippen LogP contribution in [0.2, 0.25) is 0 Å². The van der Waals surface area contributed by atoms with Gasteiger partial charge in [-0.2, -0.15) is 0 Å². The van der Waals surface area contributed by atoms with Gasteiger partial charge in [-0.1, -0.05) is 20.3 Å². The van der Waals surface area contributed by atoms with Crippen LogP contribution in [0.4, 0.5) is 8.78 Å². The van der Waals surface area contributed by atoms with Gasteiger partial charge in [-0.3, -0.25) is 0 Å². The lowest BCUT2D eigenvalue weighted by Crippen LogP contribution is -1.94. The van der Waals surface area contributed by atoms with Crippen LogP contribution in [0.1, 0.15) is 32.3 Å². The monoisotopic (exact) mass is 198 g/mol. The van der Waals surface area contributed by atoms with Crippen molar-refractivity contribution < 1.29 is 8.78 Å². The lowest BCUT2D eigenvalue weighted by molar-refractivity contribution is 0.538. The Labute approximate surface area is 84.0 Å². The highest BCUT2D eigenvalue weighted by atomic mass is 19.1. The van der Waals surface area contributed by atoms with E-state index >= 15 is 0 Å². The van der Waals surface area contributed by atoms with Gasteiger partial charge in [0.15, 0.2) is 0 Å². The average Bonchev–Trinajstić information content (AvgIpc) is 2.10. The van der Waals surface area contributed by atoms with Crippen molar-refractivity contribution in [3.05, 3.63) is 35.4 Å². The van der Waals surface area contributed by atoms with Crippen molar-refractivity contribution in [2.45, 2.75) is 33.1 Å². The molecular formula is C12H16F2. The van der Waals surface area contributed by atoms with Gasteiger partial charge >= 0.3 is 0 Å². The first-order valence-electron chi connectivity index (χ1n) is 5.03. The topological polar surface area (TPSA) is 0 Å². The Morgan fingerprint density at radius 3 is 2.57 bits per heavy atom. The third-order valence-corrected chi connectivity index (χ3v) is 2.24. The van der Waals surface area contributed by atoms with E-state index in [4.69, 9.17) is 0 Å². The summed E-state index contributed by atoms with van der Waals surface area (Å²) >= 11 is 0. The number of halogens is 2. The molecule has 0 aliphatic carbocycles. The second-order valence-corrected chi connectivity index (χ2v) is 4.02. The molecule has 78 valence electrons. The maximum atomic E-state index is 13.1. The smallest absolute Gasteiger partial charge is 0.126 e. The van der Waals surface area contributed by atoms with E-state index in [-0.39, 0.29) is 11.6 Å². The average molecular weight is 198 g/mol. The molecule has 1 aromatic rings. The summed E-state index contributed by atoms with van der Waals surface area (Å²) < 4.78 is 25.9. The summed E-state index contributed by atoms with van der Waals surface area (Å²) in [5.41, 5.74) is 0.491. The molecule has 0 aliphatic rings. The van der Waals surface area contributed by atoms with Crippen molar-refractivity contribution in [2.24, 2.45) is 5.92 Å². The van der Waals surface area contributed by atoms with E-state index < -0.39 is 0 Å². The Balaban J connectivity index is 2.53. The Morgan fingerprint density at radius 1 is 1.21 bits per heavy atom. The SMILES string of the molecule is CC(C)CCCc1cc(F)ccc1F. The molecule has 0 amide bonds. The second-order valence-electron chi connectivity index (χ2n) is 4.02. The molecule has 0 unspecified atom stereocenters. The van der Waals surface area contributed by atoms with Crippen LogP contribution in [0.15, 0.2) is 18.2 Å². The second kappa shape index (κ2) is 5.08. The zero-order valence-electron chi connectivity index (χ0n) is 8.69. The number of hydrogen-bond acceptors (Lipinski definition) is 0. The van der Waals surface area contributed by atoms with Crippen molar-refractivity contribution in [2.75, 3.05) is 0 Å². The van der Waals surface area contributed by atoms with Crippen LogP contribution in [0.5, 0.6) is 0 Å². The van der Waals surface area contributed by atoms with Gasteiger partial charge in [0.25, 0.3) is 0 Å². The number of hydrogen-bond donors (Lipinski definition) is 0. The molecule has 0 N–H and O–H groups in total. The lowest BCUT2D eigenvalue weighted by Gasteiger charge is -2.05. The first kappa shape index (κ1) is 11.2. The van der Waals surface area contributed by atoms with E-state index in [2.05, 4.69) is 13.8 Å². The summed E-state index contributed by atoms with van der Waals surface area (Å²) in [5, 5.41) is 0. The predicted octanol–water partition coefficient (Wildman–Crippen LogP) is 3.94. The minimum absolute atomic E-state index is 0.296. The summed E-state index contributed by atoms with van der Waals surface area (Å²) in [6, 6.07) is 3.64. The van der Waals surface area contributed by atoms with Crippen molar-refractivity contribution >= 4 is 0 Å². The van der Waals surface area contributed by atoms with E-state index in [1.165, 1.54) is 12.1 Å². The van der Waals surface area contributed by atoms with Crippen LogP contribution in [0.3, 0.4) is 0 Å². The molecule has 0 radical (unpaired) electrons. The molecule has 0 atom stereocenters. The molecule has 0 aliphatic heterocycles. The summed E-state index contributed by atoms with van der Waals surface area (Å²) in [5.74, 6) is -0.0345. The highest BCUT2D eigenvalue weighted by molar-refractivity contribution is 5.18. The predicted molar refractivity (Wildman–Crippen MR) is 54.1 cm³/mol. The summed E-state index contributed by atoms with van der Waals surface area (Å²) in [4.78, 5) is 0. The van der Waals surface area contributed by atoms with Crippen LogP contribution in [0.25, 0.3) is 0 Å². The Kier molecular flexibility index (Phi) is 4.05. The molecular weight excluding hydrogens is 182 g/mol. The van der Waals surface area contributed by atoms with E-state index in [1.54, 1.807) is 0 Å². The summed E-state index contributed by atoms with van der Waals surface area (Å²) in [7, 11) is 0. The molecule has 14 heavy (non-hydrogen) atoms. The van der Waals surface area contributed by atoms with E-state index in [1.807, 2.05) is 0 Å². The van der Waals surface area contributed by atoms with Crippen LogP contribution < -0.4 is 0 Å². The largest absolute Gasteiger partial charge is 0.207 e. The molecule has 1 aromatic carbocycles. The Bertz CT molecular complexity index is 292. The lowest BCUT2D eigenvalue weighted by atomic mass is 10.0. The maximum absolute atomic E-state index is 13.1. The van der Waals surface area contributed by atoms with Crippen molar-refractivity contribution in [3.8, 4) is 0 Å². The molecule has 0 nitrogen and oxygen atoms in total. The van der Waals surface area contributed by atoms with Gasteiger partial charge in [0.05, 0.1) is 0 Å². The van der Waals surface area contributed by atoms with Crippen LogP contribution in [-0.4, -0.2) is 0 Å². The minimum Gasteiger partial charge on any atom is -0.207 e. The number of benzene rings is 1. The third-order valence-electron chi connectivity index (χ3n) is 2.24. The normalized spacial score (nSPS) is 10.9. The quantitative estimate of drug-likeness (QED) is 0.687. The highest BCUT2D eigenvalue weighted by Gasteiger charge is 2.03. The van der Waals surface area contributed by atoms with Gasteiger partial charge in [0.2, 0.25) is 0 Å². The fourth-order valence-electron chi connectivity index (χ4n) is 1.44. The van der Waals surface area contributed by atoms with Crippen LogP contribution in [-0.2, 0) is 6.42 Å². The van der Waals surface area contributed by atoms with Crippen molar-refractivity contribution in [1.82, 2.24) is 0 Å². The van der Waals surface area contributed by atoms with Gasteiger partial charge < -0.3 is 0 Å². The number of aryl methyl sites for hydroxylation is 1. The maximum Gasteiger partial charge on any atom is 0.126 e. The highest BCUT2D eigenvalue weighted by Crippen LogP contribution is 2.14. The van der Waals surface area contributed by atoms with Crippen molar-refractivity contribution in [3.63, 3.8) is 0 Å². The van der Waals surface area contributed by atoms with Crippen molar-refractivity contribution in [1.29, 1.82) is 0 Å². The Morgan fingerprint density at radius 2 is 1.93 bits per heavy atom. The molecule has 0 saturated carbocycles. The van der Waals surface area contributed by atoms with Gasteiger partial charge in [-0.15, -0.1) is 0 Å². The molecule has 1 rings (SSSR count). The van der Waals surface area contributed by atoms with E-state index in [0.29, 0.717) is 17.9 Å². The zero-order chi connectivity index (χ0) is 10.6. The molecule has 0 saturated heterocycles. The molecule has 0 fully saturated rings.